The minimum Gasteiger partial charge on any atom is -0.325 e. The summed E-state index contributed by atoms with van der Waals surface area (Å²) in [6, 6.07) is 0. The maximum absolute atomic E-state index is 3.98. The fourth-order valence-electron chi connectivity index (χ4n) is 0.984. The molecule has 0 spiro atoms. The van der Waals surface area contributed by atoms with Gasteiger partial charge in [0.05, 0.1) is 13.3 Å². The summed E-state index contributed by atoms with van der Waals surface area (Å²) in [7, 11) is 0. The second kappa shape index (κ2) is 8.58. The fourth-order valence-corrected chi connectivity index (χ4v) is 0.984. The molecule has 0 radical (unpaired) electrons. The van der Waals surface area contributed by atoms with Gasteiger partial charge in [-0.25, -0.2) is 0 Å². The number of allylic oxidation sites excluding steroid dienone is 1. The van der Waals surface area contributed by atoms with Crippen LogP contribution in [0, 0.1) is 26.7 Å². The van der Waals surface area contributed by atoms with E-state index in [1.807, 2.05) is 0 Å². The summed E-state index contributed by atoms with van der Waals surface area (Å²) in [6.45, 7) is 11.5. The van der Waals surface area contributed by atoms with Crippen LogP contribution >= 0.6 is 0 Å². The summed E-state index contributed by atoms with van der Waals surface area (Å²) in [5.41, 5.74) is 1.29. The van der Waals surface area contributed by atoms with Gasteiger partial charge in [0.25, 0.3) is 0 Å². The van der Waals surface area contributed by atoms with E-state index in [4.69, 9.17) is 0 Å². The first-order valence-electron chi connectivity index (χ1n) is 4.69. The lowest BCUT2D eigenvalue weighted by Gasteiger charge is -2.15. The number of unbranched alkanes of at least 4 members (excludes halogenated alkanes) is 4. The largest absolute Gasteiger partial charge is 0.325 e. The lowest BCUT2D eigenvalue weighted by Crippen LogP contribution is -1.85. The standard InChI is InChI=1S/C12H20/c1-4-6-8-9-11-12(3)10-7-5-2/h7,9H,1-6,8,10-11H2. The Labute approximate surface area is 78.1 Å². The highest BCUT2D eigenvalue weighted by Gasteiger charge is 1.83. The van der Waals surface area contributed by atoms with E-state index in [0.29, 0.717) is 0 Å². The van der Waals surface area contributed by atoms with Crippen LogP contribution in [0.4, 0.5) is 0 Å². The molecule has 0 heteroatoms. The van der Waals surface area contributed by atoms with Crippen molar-refractivity contribution in [2.75, 3.05) is 0 Å². The highest BCUT2D eigenvalue weighted by atomic mass is 14.0. The van der Waals surface area contributed by atoms with Gasteiger partial charge in [-0.1, -0.05) is 0 Å². The van der Waals surface area contributed by atoms with Crippen molar-refractivity contribution in [3.05, 3.63) is 38.8 Å². The molecule has 0 aliphatic heterocycles. The molecule has 0 aliphatic carbocycles. The molecule has 0 aromatic rings. The molecule has 0 amide bonds. The third-order valence-corrected chi connectivity index (χ3v) is 1.73. The van der Waals surface area contributed by atoms with Gasteiger partial charge in [0.1, 0.15) is 0 Å². The van der Waals surface area contributed by atoms with Crippen molar-refractivity contribution in [3.8, 4) is 0 Å². The van der Waals surface area contributed by atoms with E-state index in [2.05, 4.69) is 33.3 Å². The average Bonchev–Trinajstić information content (AvgIpc) is 2.09. The molecule has 0 saturated heterocycles. The Morgan fingerprint density at radius 2 is 1.83 bits per heavy atom. The maximum atomic E-state index is 3.98. The third-order valence-electron chi connectivity index (χ3n) is 1.73. The van der Waals surface area contributed by atoms with E-state index >= 15 is 0 Å². The normalized spacial score (nSPS) is 10.0. The van der Waals surface area contributed by atoms with Crippen molar-refractivity contribution < 1.29 is 0 Å². The molecule has 0 bridgehead atoms. The van der Waals surface area contributed by atoms with Crippen LogP contribution in [0.25, 0.3) is 0 Å². The van der Waals surface area contributed by atoms with E-state index < -0.39 is 0 Å². The number of hydrogen-bond donors (Lipinski definition) is 0. The summed E-state index contributed by atoms with van der Waals surface area (Å²) in [5.74, 6) is 0. The van der Waals surface area contributed by atoms with Gasteiger partial charge in [0, 0.05) is 6.92 Å². The Bertz CT molecular complexity index is 103. The molecule has 12 heavy (non-hydrogen) atoms. The second-order valence-electron chi connectivity index (χ2n) is 3.02. The van der Waals surface area contributed by atoms with E-state index in [0.717, 1.165) is 25.7 Å². The van der Waals surface area contributed by atoms with Gasteiger partial charge in [-0.05, 0) is 12.8 Å². The molecule has 0 rings (SSSR count). The zero-order valence-electron chi connectivity index (χ0n) is 8.02. The first-order valence-corrected chi connectivity index (χ1v) is 4.69. The molecule has 0 aromatic carbocycles. The molecule has 0 fully saturated rings. The van der Waals surface area contributed by atoms with Crippen molar-refractivity contribution in [2.24, 2.45) is 0 Å². The molecule has 0 aromatic heterocycles. The van der Waals surface area contributed by atoms with Gasteiger partial charge in [-0.15, -0.1) is 12.2 Å². The molecule has 0 aliphatic rings. The number of rotatable bonds is 8. The molecule has 0 saturated carbocycles. The zero-order chi connectivity index (χ0) is 9.23. The van der Waals surface area contributed by atoms with Gasteiger partial charge < -0.3 is 6.42 Å². The van der Waals surface area contributed by atoms with E-state index in [1.165, 1.54) is 18.4 Å². The average molecular weight is 164 g/mol. The first kappa shape index (κ1) is 11.5. The quantitative estimate of drug-likeness (QED) is 0.289. The highest BCUT2D eigenvalue weighted by molar-refractivity contribution is 5.02. The van der Waals surface area contributed by atoms with E-state index in [1.54, 1.807) is 0 Å². The lowest BCUT2D eigenvalue weighted by atomic mass is 10.0. The van der Waals surface area contributed by atoms with Crippen molar-refractivity contribution in [1.82, 2.24) is 0 Å². The molecule has 0 N–H and O–H groups in total. The van der Waals surface area contributed by atoms with Gasteiger partial charge in [-0.3, -0.25) is 6.42 Å². The summed E-state index contributed by atoms with van der Waals surface area (Å²) in [4.78, 5) is 0. The lowest BCUT2D eigenvalue weighted by molar-refractivity contribution is 0.794. The first-order chi connectivity index (χ1) is 5.81. The van der Waals surface area contributed by atoms with Crippen LogP contribution in [0.1, 0.15) is 38.5 Å². The zero-order valence-corrected chi connectivity index (χ0v) is 8.02. The van der Waals surface area contributed by atoms with Crippen molar-refractivity contribution in [1.29, 1.82) is 0 Å². The summed E-state index contributed by atoms with van der Waals surface area (Å²) >= 11 is 0. The maximum Gasteiger partial charge on any atom is 0.0826 e. The minimum absolute atomic E-state index is 0.901. The second-order valence-corrected chi connectivity index (χ2v) is 3.02. The van der Waals surface area contributed by atoms with Crippen molar-refractivity contribution in [2.45, 2.75) is 38.5 Å². The molecule has 68 valence electrons. The van der Waals surface area contributed by atoms with Crippen LogP contribution in [0.15, 0.2) is 12.2 Å². The highest BCUT2D eigenvalue weighted by Crippen LogP contribution is 2.12. The van der Waals surface area contributed by atoms with Crippen LogP contribution in [0.2, 0.25) is 0 Å². The van der Waals surface area contributed by atoms with Gasteiger partial charge in [0.15, 0.2) is 0 Å². The summed E-state index contributed by atoms with van der Waals surface area (Å²) in [5, 5.41) is 0. The Morgan fingerprint density at radius 1 is 1.17 bits per heavy atom. The Morgan fingerprint density at radius 3 is 2.42 bits per heavy atom. The predicted molar refractivity (Wildman–Crippen MR) is 56.2 cm³/mol. The topological polar surface area (TPSA) is 0 Å². The molecular weight excluding hydrogens is 144 g/mol. The Balaban J connectivity index is 3.08. The van der Waals surface area contributed by atoms with Crippen molar-refractivity contribution >= 4 is 0 Å². The van der Waals surface area contributed by atoms with Gasteiger partial charge in [0.2, 0.25) is 0 Å². The van der Waals surface area contributed by atoms with Crippen LogP contribution in [-0.4, -0.2) is 0 Å². The van der Waals surface area contributed by atoms with Gasteiger partial charge >= 0.3 is 0 Å². The molecule has 0 nitrogen and oxygen atoms in total. The predicted octanol–water partition coefficient (Wildman–Crippen LogP) is 3.96. The van der Waals surface area contributed by atoms with Crippen molar-refractivity contribution in [3.63, 3.8) is 0 Å². The van der Waals surface area contributed by atoms with Gasteiger partial charge in [-0.2, -0.15) is 19.3 Å². The number of hydrogen-bond acceptors (Lipinski definition) is 0. The Hall–Kier alpha value is -0.520. The monoisotopic (exact) mass is 164 g/mol. The van der Waals surface area contributed by atoms with Crippen LogP contribution in [-0.2, 0) is 0 Å². The van der Waals surface area contributed by atoms with Crippen LogP contribution in [0.3, 0.4) is 0 Å². The fraction of sp³-hybridized carbons (Fsp3) is 0.500. The van der Waals surface area contributed by atoms with Crippen LogP contribution < -0.4 is 0 Å². The molecular formula is C12H20. The minimum atomic E-state index is 0.901. The van der Waals surface area contributed by atoms with E-state index in [9.17, 15) is 0 Å². The smallest absolute Gasteiger partial charge is 0.0826 e. The van der Waals surface area contributed by atoms with Crippen LogP contribution in [0.5, 0.6) is 0 Å². The molecule has 0 atom stereocenters. The third kappa shape index (κ3) is 7.59. The summed E-state index contributed by atoms with van der Waals surface area (Å²) in [6.07, 6.45) is 10.8. The Kier molecular flexibility index (Phi) is 8.20. The summed E-state index contributed by atoms with van der Waals surface area (Å²) < 4.78 is 0. The SMILES string of the molecule is C=C(C[CH-]C[CH2+])C[CH-]CCC[CH2+]. The molecule has 0 unspecified atom stereocenters. The van der Waals surface area contributed by atoms with E-state index in [-0.39, 0.29) is 0 Å². The molecule has 0 heterocycles.